The van der Waals surface area contributed by atoms with E-state index in [0.29, 0.717) is 0 Å². The molecule has 0 aliphatic heterocycles. The highest BCUT2D eigenvalue weighted by Gasteiger charge is 2.13. The van der Waals surface area contributed by atoms with E-state index in [1.165, 1.54) is 60.0 Å². The van der Waals surface area contributed by atoms with Crippen LogP contribution < -0.4 is 10.6 Å². The molecule has 0 aromatic heterocycles. The number of unbranched alkanes of at least 4 members (excludes halogenated alkanes) is 4. The Labute approximate surface area is 137 Å². The van der Waals surface area contributed by atoms with Crippen LogP contribution in [0.15, 0.2) is 48.5 Å². The Kier molecular flexibility index (Phi) is 7.13. The maximum atomic E-state index is 2.34. The molecule has 0 nitrogen and oxygen atoms in total. The van der Waals surface area contributed by atoms with Crippen LogP contribution in [0.2, 0.25) is 0 Å². The second-order valence-electron chi connectivity index (χ2n) is 6.24. The number of benzene rings is 2. The van der Waals surface area contributed by atoms with Gasteiger partial charge in [-0.25, -0.2) is 0 Å². The molecule has 0 radical (unpaired) electrons. The van der Waals surface area contributed by atoms with E-state index in [1.54, 1.807) is 0 Å². The van der Waals surface area contributed by atoms with Crippen molar-refractivity contribution in [1.29, 1.82) is 0 Å². The lowest BCUT2D eigenvalue weighted by atomic mass is 10.2. The molecule has 0 unspecified atom stereocenters. The Bertz CT molecular complexity index is 494. The van der Waals surface area contributed by atoms with E-state index in [9.17, 15) is 0 Å². The monoisotopic (exact) mass is 312 g/mol. The standard InChI is InChI=1S/C21H29P/c1-4-5-6-7-8-17-22(20-13-9-18(2)10-14-20)21-15-11-19(3)12-16-21/h9-16H,4-8,17H2,1-3H3. The molecule has 0 aliphatic carbocycles. The van der Waals surface area contributed by atoms with Gasteiger partial charge in [-0.1, -0.05) is 92.3 Å². The summed E-state index contributed by atoms with van der Waals surface area (Å²) in [5, 5.41) is 3.06. The van der Waals surface area contributed by atoms with Crippen LogP contribution >= 0.6 is 7.92 Å². The van der Waals surface area contributed by atoms with Crippen LogP contribution in [-0.4, -0.2) is 6.16 Å². The van der Waals surface area contributed by atoms with E-state index in [2.05, 4.69) is 69.3 Å². The largest absolute Gasteiger partial charge is 0.0654 e. The molecule has 2 rings (SSSR count). The number of hydrogen-bond donors (Lipinski definition) is 0. The first kappa shape index (κ1) is 17.2. The van der Waals surface area contributed by atoms with E-state index < -0.39 is 0 Å². The van der Waals surface area contributed by atoms with Gasteiger partial charge in [-0.2, -0.15) is 0 Å². The lowest BCUT2D eigenvalue weighted by molar-refractivity contribution is 0.659. The molecule has 0 heterocycles. The van der Waals surface area contributed by atoms with Crippen LogP contribution in [0.3, 0.4) is 0 Å². The van der Waals surface area contributed by atoms with E-state index in [-0.39, 0.29) is 7.92 Å². The molecule has 0 atom stereocenters. The van der Waals surface area contributed by atoms with Crippen molar-refractivity contribution in [2.75, 3.05) is 6.16 Å². The first-order valence-corrected chi connectivity index (χ1v) is 10.1. The summed E-state index contributed by atoms with van der Waals surface area (Å²) in [7, 11) is -0.197. The second-order valence-corrected chi connectivity index (χ2v) is 8.57. The van der Waals surface area contributed by atoms with Crippen molar-refractivity contribution < 1.29 is 0 Å². The lowest BCUT2D eigenvalue weighted by Gasteiger charge is -2.19. The fraction of sp³-hybridized carbons (Fsp3) is 0.429. The van der Waals surface area contributed by atoms with E-state index in [1.807, 2.05) is 0 Å². The normalized spacial score (nSPS) is 11.1. The zero-order valence-corrected chi connectivity index (χ0v) is 15.2. The van der Waals surface area contributed by atoms with Crippen molar-refractivity contribution in [2.45, 2.75) is 52.9 Å². The van der Waals surface area contributed by atoms with Crippen LogP contribution in [0.5, 0.6) is 0 Å². The highest BCUT2D eigenvalue weighted by Crippen LogP contribution is 2.35. The van der Waals surface area contributed by atoms with Gasteiger partial charge in [0.25, 0.3) is 0 Å². The van der Waals surface area contributed by atoms with E-state index in [0.717, 1.165) is 0 Å². The Balaban J connectivity index is 2.10. The fourth-order valence-corrected chi connectivity index (χ4v) is 5.10. The molecule has 0 saturated carbocycles. The summed E-state index contributed by atoms with van der Waals surface area (Å²) in [5.74, 6) is 0. The first-order chi connectivity index (χ1) is 10.7. The fourth-order valence-electron chi connectivity index (χ4n) is 2.73. The summed E-state index contributed by atoms with van der Waals surface area (Å²) < 4.78 is 0. The molecule has 1 heteroatoms. The molecule has 2 aromatic carbocycles. The Morgan fingerprint density at radius 3 is 1.55 bits per heavy atom. The molecule has 0 aliphatic rings. The minimum absolute atomic E-state index is 0.197. The highest BCUT2D eigenvalue weighted by atomic mass is 31.1. The second kappa shape index (κ2) is 9.11. The van der Waals surface area contributed by atoms with E-state index >= 15 is 0 Å². The molecule has 22 heavy (non-hydrogen) atoms. The van der Waals surface area contributed by atoms with Gasteiger partial charge in [-0.15, -0.1) is 0 Å². The van der Waals surface area contributed by atoms with Gasteiger partial charge in [0.1, 0.15) is 0 Å². The summed E-state index contributed by atoms with van der Waals surface area (Å²) in [5.41, 5.74) is 2.70. The maximum Gasteiger partial charge on any atom is -0.0195 e. The summed E-state index contributed by atoms with van der Waals surface area (Å²) in [6, 6.07) is 18.4. The molecule has 0 saturated heterocycles. The number of aryl methyl sites for hydroxylation is 2. The van der Waals surface area contributed by atoms with Crippen LogP contribution in [0.25, 0.3) is 0 Å². The Morgan fingerprint density at radius 2 is 1.09 bits per heavy atom. The van der Waals surface area contributed by atoms with Gasteiger partial charge in [-0.05, 0) is 45.0 Å². The summed E-state index contributed by atoms with van der Waals surface area (Å²) in [6.07, 6.45) is 8.15. The number of hydrogen-bond acceptors (Lipinski definition) is 0. The van der Waals surface area contributed by atoms with Crippen molar-refractivity contribution in [1.82, 2.24) is 0 Å². The van der Waals surface area contributed by atoms with Gasteiger partial charge < -0.3 is 0 Å². The van der Waals surface area contributed by atoms with Crippen LogP contribution in [0, 0.1) is 13.8 Å². The van der Waals surface area contributed by atoms with Crippen molar-refractivity contribution in [3.8, 4) is 0 Å². The number of rotatable bonds is 8. The van der Waals surface area contributed by atoms with Crippen molar-refractivity contribution in [3.05, 3.63) is 59.7 Å². The van der Waals surface area contributed by atoms with Gasteiger partial charge >= 0.3 is 0 Å². The Morgan fingerprint density at radius 1 is 0.636 bits per heavy atom. The summed E-state index contributed by atoms with van der Waals surface area (Å²) >= 11 is 0. The van der Waals surface area contributed by atoms with Gasteiger partial charge in [0.2, 0.25) is 0 Å². The molecule has 2 aromatic rings. The van der Waals surface area contributed by atoms with E-state index in [4.69, 9.17) is 0 Å². The zero-order chi connectivity index (χ0) is 15.8. The van der Waals surface area contributed by atoms with Gasteiger partial charge in [0.15, 0.2) is 0 Å². The highest BCUT2D eigenvalue weighted by molar-refractivity contribution is 7.73. The van der Waals surface area contributed by atoms with Gasteiger partial charge in [-0.3, -0.25) is 0 Å². The Hall–Kier alpha value is -1.13. The summed E-state index contributed by atoms with van der Waals surface area (Å²) in [6.45, 7) is 6.62. The van der Waals surface area contributed by atoms with Crippen LogP contribution in [0.1, 0.15) is 50.2 Å². The lowest BCUT2D eigenvalue weighted by Crippen LogP contribution is -2.14. The van der Waals surface area contributed by atoms with Gasteiger partial charge in [0.05, 0.1) is 0 Å². The molecule has 0 amide bonds. The van der Waals surface area contributed by atoms with Crippen LogP contribution in [0.4, 0.5) is 0 Å². The predicted octanol–water partition coefficient (Wildman–Crippen LogP) is 5.71. The van der Waals surface area contributed by atoms with Gasteiger partial charge in [0, 0.05) is 0 Å². The molecule has 0 N–H and O–H groups in total. The minimum atomic E-state index is -0.197. The SMILES string of the molecule is CCCCCCCP(c1ccc(C)cc1)c1ccc(C)cc1. The average molecular weight is 312 g/mol. The predicted molar refractivity (Wildman–Crippen MR) is 102 cm³/mol. The molecule has 0 bridgehead atoms. The minimum Gasteiger partial charge on any atom is -0.0654 e. The third-order valence-corrected chi connectivity index (χ3v) is 6.78. The quantitative estimate of drug-likeness (QED) is 0.433. The molecule has 118 valence electrons. The summed E-state index contributed by atoms with van der Waals surface area (Å²) in [4.78, 5) is 0. The molecule has 0 spiro atoms. The molecular weight excluding hydrogens is 283 g/mol. The molecule has 0 fully saturated rings. The van der Waals surface area contributed by atoms with Crippen molar-refractivity contribution in [2.24, 2.45) is 0 Å². The maximum absolute atomic E-state index is 2.34. The van der Waals surface area contributed by atoms with Crippen molar-refractivity contribution in [3.63, 3.8) is 0 Å². The topological polar surface area (TPSA) is 0 Å². The zero-order valence-electron chi connectivity index (χ0n) is 14.3. The first-order valence-electron chi connectivity index (χ1n) is 8.61. The molecular formula is C21H29P. The third-order valence-electron chi connectivity index (χ3n) is 4.18. The van der Waals surface area contributed by atoms with Crippen molar-refractivity contribution >= 4 is 18.5 Å². The smallest absolute Gasteiger partial charge is 0.0195 e. The van der Waals surface area contributed by atoms with Crippen LogP contribution in [-0.2, 0) is 0 Å². The third kappa shape index (κ3) is 5.25. The average Bonchev–Trinajstić information content (AvgIpc) is 2.53.